The van der Waals surface area contributed by atoms with E-state index in [-0.39, 0.29) is 0 Å². The number of piperidine rings is 2. The smallest absolute Gasteiger partial charge is 0.0125 e. The third-order valence-corrected chi connectivity index (χ3v) is 10.4. The van der Waals surface area contributed by atoms with Crippen LogP contribution < -0.4 is 0 Å². The van der Waals surface area contributed by atoms with Gasteiger partial charge in [0, 0.05) is 29.7 Å². The van der Waals surface area contributed by atoms with Crippen LogP contribution in [0.1, 0.15) is 150 Å². The third kappa shape index (κ3) is 12.6. The van der Waals surface area contributed by atoms with Gasteiger partial charge in [-0.2, -0.15) is 0 Å². The Morgan fingerprint density at radius 1 is 0.325 bits per heavy atom. The van der Waals surface area contributed by atoms with Gasteiger partial charge in [0.2, 0.25) is 0 Å². The number of hydrogen-bond acceptors (Lipinski definition) is 3. The molecule has 3 heteroatoms. The second-order valence-corrected chi connectivity index (χ2v) is 19.7. The minimum absolute atomic E-state index is 0.364. The molecule has 0 aliphatic carbocycles. The van der Waals surface area contributed by atoms with Crippen molar-refractivity contribution in [2.75, 3.05) is 39.3 Å². The van der Waals surface area contributed by atoms with Gasteiger partial charge in [0.15, 0.2) is 0 Å². The number of hydrogen-bond donors (Lipinski definition) is 0. The lowest BCUT2D eigenvalue weighted by molar-refractivity contribution is -0.0345. The molecule has 0 unspecified atom stereocenters. The molecule has 3 aliphatic rings. The van der Waals surface area contributed by atoms with Gasteiger partial charge in [-0.15, -0.1) is 0 Å². The van der Waals surface area contributed by atoms with E-state index < -0.39 is 0 Å². The van der Waals surface area contributed by atoms with E-state index in [1.54, 1.807) is 0 Å². The molecular weight excluding hydrogens is 486 g/mol. The molecule has 0 atom stereocenters. The van der Waals surface area contributed by atoms with Gasteiger partial charge in [0.05, 0.1) is 0 Å². The molecule has 0 radical (unpaired) electrons. The van der Waals surface area contributed by atoms with Crippen LogP contribution in [0.25, 0.3) is 0 Å². The van der Waals surface area contributed by atoms with Crippen LogP contribution in [0.3, 0.4) is 0 Å². The van der Waals surface area contributed by atoms with Gasteiger partial charge in [-0.1, -0.05) is 62.3 Å². The Labute approximate surface area is 254 Å². The molecule has 0 aromatic heterocycles. The summed E-state index contributed by atoms with van der Waals surface area (Å²) >= 11 is 0. The molecule has 3 aliphatic heterocycles. The van der Waals surface area contributed by atoms with Gasteiger partial charge in [0.25, 0.3) is 0 Å². The Bertz CT molecular complexity index is 598. The topological polar surface area (TPSA) is 9.72 Å². The highest BCUT2D eigenvalue weighted by atomic mass is 15.2. The zero-order chi connectivity index (χ0) is 31.5. The molecule has 3 nitrogen and oxygen atoms in total. The van der Waals surface area contributed by atoms with Crippen molar-refractivity contribution >= 4 is 0 Å². The fourth-order valence-electron chi connectivity index (χ4n) is 6.41. The second-order valence-electron chi connectivity index (χ2n) is 19.7. The third-order valence-electron chi connectivity index (χ3n) is 10.4. The Kier molecular flexibility index (Phi) is 13.0. The van der Waals surface area contributed by atoms with Crippen LogP contribution in [0.15, 0.2) is 0 Å². The summed E-state index contributed by atoms with van der Waals surface area (Å²) in [5, 5.41) is 0. The van der Waals surface area contributed by atoms with Crippen molar-refractivity contribution in [2.45, 2.75) is 167 Å². The summed E-state index contributed by atoms with van der Waals surface area (Å²) in [5.41, 5.74) is 2.61. The first-order valence-electron chi connectivity index (χ1n) is 16.9. The average Bonchev–Trinajstić information content (AvgIpc) is 2.69. The summed E-state index contributed by atoms with van der Waals surface area (Å²) < 4.78 is 0. The van der Waals surface area contributed by atoms with Crippen LogP contribution in [0.5, 0.6) is 0 Å². The maximum absolute atomic E-state index is 2.62. The minimum atomic E-state index is 0.364. The first-order valence-corrected chi connectivity index (χ1v) is 16.9. The van der Waals surface area contributed by atoms with Crippen molar-refractivity contribution in [1.82, 2.24) is 14.7 Å². The summed E-state index contributed by atoms with van der Waals surface area (Å²) in [6, 6.07) is 0. The van der Waals surface area contributed by atoms with Crippen LogP contribution >= 0.6 is 0 Å². The molecular formula is C37H77N3. The molecule has 3 saturated heterocycles. The SMILES string of the molecule is CC(C)(C)C1CCN(C(C)(C)C)CC1.CC(C)(C)C1CCN(C(C)(C)C)CC1.CC(C)(C)C1CN(C(C)(C)C)C1. The quantitative estimate of drug-likeness (QED) is 0.290. The van der Waals surface area contributed by atoms with Gasteiger partial charge < -0.3 is 0 Å². The van der Waals surface area contributed by atoms with E-state index in [4.69, 9.17) is 0 Å². The largest absolute Gasteiger partial charge is 0.298 e. The van der Waals surface area contributed by atoms with Crippen LogP contribution in [0.4, 0.5) is 0 Å². The van der Waals surface area contributed by atoms with E-state index in [0.29, 0.717) is 32.9 Å². The summed E-state index contributed by atoms with van der Waals surface area (Å²) in [6.07, 6.45) is 5.50. The Balaban J connectivity index is 0.000000301. The van der Waals surface area contributed by atoms with Gasteiger partial charge in [0.1, 0.15) is 0 Å². The highest BCUT2D eigenvalue weighted by Gasteiger charge is 2.40. The van der Waals surface area contributed by atoms with E-state index in [0.717, 1.165) is 17.8 Å². The molecule has 240 valence electrons. The second kappa shape index (κ2) is 13.7. The van der Waals surface area contributed by atoms with Gasteiger partial charge >= 0.3 is 0 Å². The molecule has 0 aromatic rings. The molecule has 40 heavy (non-hydrogen) atoms. The molecule has 3 heterocycles. The van der Waals surface area contributed by atoms with Gasteiger partial charge in [-0.3, -0.25) is 14.7 Å². The van der Waals surface area contributed by atoms with Crippen LogP contribution in [-0.4, -0.2) is 70.6 Å². The Hall–Kier alpha value is -0.120. The van der Waals surface area contributed by atoms with E-state index in [1.807, 2.05) is 0 Å². The molecule has 0 spiro atoms. The van der Waals surface area contributed by atoms with Gasteiger partial charge in [-0.05, 0) is 148 Å². The summed E-state index contributed by atoms with van der Waals surface area (Å²) in [5.74, 6) is 2.74. The zero-order valence-electron chi connectivity index (χ0n) is 31.1. The van der Waals surface area contributed by atoms with E-state index >= 15 is 0 Å². The van der Waals surface area contributed by atoms with Crippen molar-refractivity contribution in [1.29, 1.82) is 0 Å². The summed E-state index contributed by atoms with van der Waals surface area (Å²) in [7, 11) is 0. The van der Waals surface area contributed by atoms with Crippen molar-refractivity contribution in [2.24, 2.45) is 34.0 Å². The predicted molar refractivity (Wildman–Crippen MR) is 181 cm³/mol. The first kappa shape index (κ1) is 37.9. The number of likely N-dealkylation sites (tertiary alicyclic amines) is 3. The molecule has 0 saturated carbocycles. The van der Waals surface area contributed by atoms with Crippen molar-refractivity contribution in [3.8, 4) is 0 Å². The zero-order valence-corrected chi connectivity index (χ0v) is 31.1. The average molecular weight is 564 g/mol. The highest BCUT2D eigenvalue weighted by molar-refractivity contribution is 4.93. The lowest BCUT2D eigenvalue weighted by atomic mass is 9.74. The molecule has 3 fully saturated rings. The monoisotopic (exact) mass is 564 g/mol. The van der Waals surface area contributed by atoms with E-state index in [2.05, 4.69) is 139 Å². The van der Waals surface area contributed by atoms with Crippen LogP contribution in [-0.2, 0) is 0 Å². The highest BCUT2D eigenvalue weighted by Crippen LogP contribution is 2.38. The maximum atomic E-state index is 2.62. The maximum Gasteiger partial charge on any atom is 0.0125 e. The fourth-order valence-corrected chi connectivity index (χ4v) is 6.41. The Morgan fingerprint density at radius 3 is 0.725 bits per heavy atom. The minimum Gasteiger partial charge on any atom is -0.298 e. The van der Waals surface area contributed by atoms with E-state index in [1.165, 1.54) is 65.0 Å². The van der Waals surface area contributed by atoms with E-state index in [9.17, 15) is 0 Å². The Morgan fingerprint density at radius 2 is 0.550 bits per heavy atom. The normalized spacial score (nSPS) is 22.6. The molecule has 3 rings (SSSR count). The van der Waals surface area contributed by atoms with Gasteiger partial charge in [-0.25, -0.2) is 0 Å². The van der Waals surface area contributed by atoms with Crippen molar-refractivity contribution in [3.05, 3.63) is 0 Å². The standard InChI is InChI=1S/2C13H27N.C11H23N/c2*1-12(2,3)11-7-9-14(10-8-11)13(4,5)6;1-10(2,3)9-7-12(8-9)11(4,5)6/h2*11H,7-10H2,1-6H3;9H,7-8H2,1-6H3. The number of rotatable bonds is 0. The lowest BCUT2D eigenvalue weighted by Gasteiger charge is -2.52. The van der Waals surface area contributed by atoms with Crippen molar-refractivity contribution < 1.29 is 0 Å². The summed E-state index contributed by atoms with van der Waals surface area (Å²) in [4.78, 5) is 7.80. The first-order chi connectivity index (χ1) is 17.6. The lowest BCUT2D eigenvalue weighted by Crippen LogP contribution is -2.59. The molecule has 0 aromatic carbocycles. The van der Waals surface area contributed by atoms with Crippen molar-refractivity contribution in [3.63, 3.8) is 0 Å². The molecule has 0 N–H and O–H groups in total. The molecule has 0 bridgehead atoms. The van der Waals surface area contributed by atoms with Crippen LogP contribution in [0, 0.1) is 34.0 Å². The molecule has 0 amide bonds. The summed E-state index contributed by atoms with van der Waals surface area (Å²) in [6.45, 7) is 49.8. The van der Waals surface area contributed by atoms with Crippen LogP contribution in [0.2, 0.25) is 0 Å². The fraction of sp³-hybridized carbons (Fsp3) is 1.00. The predicted octanol–water partition coefficient (Wildman–Crippen LogP) is 9.85. The number of nitrogens with zero attached hydrogens (tertiary/aromatic N) is 3.